The first-order valence-corrected chi connectivity index (χ1v) is 9.49. The Bertz CT molecular complexity index is 536. The summed E-state index contributed by atoms with van der Waals surface area (Å²) in [6.45, 7) is 21.0. The van der Waals surface area contributed by atoms with Gasteiger partial charge in [-0.2, -0.15) is 0 Å². The van der Waals surface area contributed by atoms with Crippen LogP contribution < -0.4 is 4.90 Å². The molecule has 2 saturated heterocycles. The zero-order valence-corrected chi connectivity index (χ0v) is 16.5. The van der Waals surface area contributed by atoms with Crippen molar-refractivity contribution < 1.29 is 0 Å². The fourth-order valence-corrected chi connectivity index (χ4v) is 3.75. The summed E-state index contributed by atoms with van der Waals surface area (Å²) in [6, 6.07) is 9.99. The predicted octanol–water partition coefficient (Wildman–Crippen LogP) is 3.59. The minimum absolute atomic E-state index is 0.236. The molecule has 3 heteroatoms. The number of piperazine rings is 1. The lowest BCUT2D eigenvalue weighted by atomic mass is 9.87. The van der Waals surface area contributed by atoms with Gasteiger partial charge in [-0.15, -0.1) is 0 Å². The third-order valence-electron chi connectivity index (χ3n) is 5.74. The fourth-order valence-electron chi connectivity index (χ4n) is 3.75. The van der Waals surface area contributed by atoms with Gasteiger partial charge >= 0.3 is 0 Å². The normalized spacial score (nSPS) is 21.8. The molecule has 0 spiro atoms. The first-order valence-electron chi connectivity index (χ1n) is 9.49. The van der Waals surface area contributed by atoms with Gasteiger partial charge in [0.05, 0.1) is 0 Å². The highest BCUT2D eigenvalue weighted by molar-refractivity contribution is 5.49. The molecule has 0 N–H and O–H groups in total. The number of nitrogens with zero attached hydrogens (tertiary/aromatic N) is 3. The molecule has 0 amide bonds. The monoisotopic (exact) mass is 329 g/mol. The third-order valence-corrected chi connectivity index (χ3v) is 5.74. The van der Waals surface area contributed by atoms with Gasteiger partial charge in [0.25, 0.3) is 0 Å². The van der Waals surface area contributed by atoms with Crippen LogP contribution in [-0.4, -0.2) is 60.6 Å². The van der Waals surface area contributed by atoms with Crippen molar-refractivity contribution in [2.24, 2.45) is 0 Å². The molecule has 3 rings (SSSR count). The summed E-state index contributed by atoms with van der Waals surface area (Å²) in [5.74, 6) is 0. The summed E-state index contributed by atoms with van der Waals surface area (Å²) < 4.78 is 0. The molecule has 3 nitrogen and oxygen atoms in total. The number of benzene rings is 1. The first kappa shape index (κ1) is 17.8. The fraction of sp³-hybridized carbons (Fsp3) is 0.714. The summed E-state index contributed by atoms with van der Waals surface area (Å²) in [5, 5.41) is 0. The summed E-state index contributed by atoms with van der Waals surface area (Å²) >= 11 is 0. The van der Waals surface area contributed by atoms with Crippen LogP contribution in [0.2, 0.25) is 0 Å². The van der Waals surface area contributed by atoms with Gasteiger partial charge in [0.1, 0.15) is 0 Å². The van der Waals surface area contributed by atoms with Gasteiger partial charge in [-0.05, 0) is 43.9 Å². The zero-order valence-electron chi connectivity index (χ0n) is 16.5. The van der Waals surface area contributed by atoms with Gasteiger partial charge in [0, 0.05) is 56.5 Å². The Balaban J connectivity index is 1.51. The largest absolute Gasteiger partial charge is 0.369 e. The second-order valence-corrected chi connectivity index (χ2v) is 9.55. The Morgan fingerprint density at radius 3 is 1.79 bits per heavy atom. The quantitative estimate of drug-likeness (QED) is 0.821. The molecule has 2 fully saturated rings. The summed E-state index contributed by atoms with van der Waals surface area (Å²) in [6.07, 6.45) is 0. The molecular weight excluding hydrogens is 294 g/mol. The van der Waals surface area contributed by atoms with Crippen molar-refractivity contribution in [1.82, 2.24) is 9.80 Å². The van der Waals surface area contributed by atoms with E-state index in [-0.39, 0.29) is 5.41 Å². The second kappa shape index (κ2) is 6.34. The van der Waals surface area contributed by atoms with Crippen LogP contribution in [0.1, 0.15) is 47.1 Å². The second-order valence-electron chi connectivity index (χ2n) is 9.55. The lowest BCUT2D eigenvalue weighted by Crippen LogP contribution is -2.66. The third kappa shape index (κ3) is 3.78. The standard InChI is InChI=1S/C21H35N3/c1-20(2,3)17-7-9-18(10-8-17)22-11-13-23(14-12-22)19-15-24(16-19)21(4,5)6/h7-10,19H,11-16H2,1-6H3. The maximum atomic E-state index is 2.70. The minimum atomic E-state index is 0.236. The van der Waals surface area contributed by atoms with Crippen LogP contribution in [0.4, 0.5) is 5.69 Å². The topological polar surface area (TPSA) is 9.72 Å². The van der Waals surface area contributed by atoms with Crippen molar-refractivity contribution in [3.8, 4) is 0 Å². The Hall–Kier alpha value is -1.06. The van der Waals surface area contributed by atoms with Crippen molar-refractivity contribution in [2.45, 2.75) is 58.5 Å². The highest BCUT2D eigenvalue weighted by atomic mass is 15.4. The molecule has 134 valence electrons. The van der Waals surface area contributed by atoms with E-state index in [0.29, 0.717) is 5.54 Å². The van der Waals surface area contributed by atoms with Crippen LogP contribution >= 0.6 is 0 Å². The molecule has 0 unspecified atom stereocenters. The zero-order chi connectivity index (χ0) is 17.5. The van der Waals surface area contributed by atoms with E-state index in [1.165, 1.54) is 37.4 Å². The van der Waals surface area contributed by atoms with Crippen LogP contribution in [0.25, 0.3) is 0 Å². The molecule has 0 bridgehead atoms. The maximum Gasteiger partial charge on any atom is 0.0367 e. The molecule has 24 heavy (non-hydrogen) atoms. The first-order chi connectivity index (χ1) is 11.1. The Morgan fingerprint density at radius 2 is 1.33 bits per heavy atom. The molecule has 0 atom stereocenters. The molecular formula is C21H35N3. The summed E-state index contributed by atoms with van der Waals surface area (Å²) in [7, 11) is 0. The Labute approximate surface area is 148 Å². The molecule has 2 aliphatic heterocycles. The summed E-state index contributed by atoms with van der Waals surface area (Å²) in [4.78, 5) is 7.83. The van der Waals surface area contributed by atoms with Crippen LogP contribution in [0.3, 0.4) is 0 Å². The summed E-state index contributed by atoms with van der Waals surface area (Å²) in [5.41, 5.74) is 3.36. The van der Waals surface area contributed by atoms with Gasteiger partial charge in [-0.25, -0.2) is 0 Å². The lowest BCUT2D eigenvalue weighted by Gasteiger charge is -2.53. The van der Waals surface area contributed by atoms with Crippen molar-refractivity contribution in [1.29, 1.82) is 0 Å². The number of hydrogen-bond acceptors (Lipinski definition) is 3. The van der Waals surface area contributed by atoms with E-state index in [1.807, 2.05) is 0 Å². The minimum Gasteiger partial charge on any atom is -0.369 e. The Kier molecular flexibility index (Phi) is 4.69. The molecule has 0 aromatic heterocycles. The van der Waals surface area contributed by atoms with E-state index in [0.717, 1.165) is 19.1 Å². The molecule has 0 aliphatic carbocycles. The van der Waals surface area contributed by atoms with Gasteiger partial charge in [0.15, 0.2) is 0 Å². The Morgan fingerprint density at radius 1 is 0.792 bits per heavy atom. The van der Waals surface area contributed by atoms with E-state index in [4.69, 9.17) is 0 Å². The molecule has 1 aromatic rings. The van der Waals surface area contributed by atoms with Crippen LogP contribution in [-0.2, 0) is 5.41 Å². The van der Waals surface area contributed by atoms with Crippen molar-refractivity contribution in [3.05, 3.63) is 29.8 Å². The average molecular weight is 330 g/mol. The van der Waals surface area contributed by atoms with Crippen molar-refractivity contribution in [3.63, 3.8) is 0 Å². The predicted molar refractivity (Wildman–Crippen MR) is 104 cm³/mol. The van der Waals surface area contributed by atoms with Gasteiger partial charge in [-0.1, -0.05) is 32.9 Å². The smallest absolute Gasteiger partial charge is 0.0367 e. The number of hydrogen-bond donors (Lipinski definition) is 0. The van der Waals surface area contributed by atoms with Crippen LogP contribution in [0.5, 0.6) is 0 Å². The number of rotatable bonds is 2. The van der Waals surface area contributed by atoms with E-state index in [9.17, 15) is 0 Å². The van der Waals surface area contributed by atoms with E-state index in [1.54, 1.807) is 0 Å². The highest BCUT2D eigenvalue weighted by Gasteiger charge is 2.38. The average Bonchev–Trinajstić information content (AvgIpc) is 2.44. The molecule has 0 radical (unpaired) electrons. The van der Waals surface area contributed by atoms with Gasteiger partial charge in [-0.3, -0.25) is 9.80 Å². The van der Waals surface area contributed by atoms with Crippen LogP contribution in [0.15, 0.2) is 24.3 Å². The van der Waals surface area contributed by atoms with Crippen LogP contribution in [0, 0.1) is 0 Å². The highest BCUT2D eigenvalue weighted by Crippen LogP contribution is 2.27. The molecule has 1 aromatic carbocycles. The van der Waals surface area contributed by atoms with E-state index >= 15 is 0 Å². The van der Waals surface area contributed by atoms with E-state index in [2.05, 4.69) is 80.5 Å². The van der Waals surface area contributed by atoms with Crippen molar-refractivity contribution in [2.75, 3.05) is 44.2 Å². The van der Waals surface area contributed by atoms with E-state index < -0.39 is 0 Å². The SMILES string of the molecule is CC(C)(C)c1ccc(N2CCN(C3CN(C(C)(C)C)C3)CC2)cc1. The molecule has 2 heterocycles. The van der Waals surface area contributed by atoms with Crippen molar-refractivity contribution >= 4 is 5.69 Å². The number of anilines is 1. The van der Waals surface area contributed by atoms with Gasteiger partial charge in [0.2, 0.25) is 0 Å². The van der Waals surface area contributed by atoms with Gasteiger partial charge < -0.3 is 4.90 Å². The molecule has 2 aliphatic rings. The number of likely N-dealkylation sites (tertiary alicyclic amines) is 1. The lowest BCUT2D eigenvalue weighted by molar-refractivity contribution is -0.0237. The molecule has 0 saturated carbocycles. The maximum absolute atomic E-state index is 2.70.